The van der Waals surface area contributed by atoms with Crippen LogP contribution in [-0.2, 0) is 13.5 Å². The third-order valence-electron chi connectivity index (χ3n) is 3.61. The molecule has 0 aliphatic carbocycles. The molecule has 1 heterocycles. The molecule has 1 N–H and O–H groups in total. The lowest BCUT2D eigenvalue weighted by atomic mass is 10.1. The topological polar surface area (TPSA) is 33.1 Å². The number of aryl methyl sites for hydroxylation is 1. The van der Waals surface area contributed by atoms with E-state index in [1.165, 1.54) is 16.6 Å². The molecular weight excluding hydrogens is 236 g/mol. The molecule has 0 aliphatic rings. The van der Waals surface area contributed by atoms with Crippen molar-refractivity contribution in [1.82, 2.24) is 20.0 Å². The molecule has 0 radical (unpaired) electrons. The highest BCUT2D eigenvalue weighted by molar-refractivity contribution is 5.81. The molecule has 0 saturated carbocycles. The summed E-state index contributed by atoms with van der Waals surface area (Å²) >= 11 is 0. The third kappa shape index (κ3) is 3.33. The minimum absolute atomic E-state index is 0.473. The number of aromatic nitrogens is 2. The molecule has 1 atom stereocenters. The summed E-state index contributed by atoms with van der Waals surface area (Å²) < 4.78 is 1.98. The van der Waals surface area contributed by atoms with Gasteiger partial charge in [-0.2, -0.15) is 5.10 Å². The van der Waals surface area contributed by atoms with E-state index in [4.69, 9.17) is 0 Å². The fourth-order valence-electron chi connectivity index (χ4n) is 2.44. The molecule has 1 aromatic carbocycles. The van der Waals surface area contributed by atoms with Gasteiger partial charge in [-0.05, 0) is 40.2 Å². The van der Waals surface area contributed by atoms with E-state index in [2.05, 4.69) is 53.7 Å². The van der Waals surface area contributed by atoms with Crippen LogP contribution in [0.15, 0.2) is 24.3 Å². The fourth-order valence-corrected chi connectivity index (χ4v) is 2.44. The molecule has 4 heteroatoms. The van der Waals surface area contributed by atoms with Crippen molar-refractivity contribution in [3.05, 3.63) is 30.0 Å². The van der Waals surface area contributed by atoms with E-state index >= 15 is 0 Å². The van der Waals surface area contributed by atoms with Crippen LogP contribution in [0.4, 0.5) is 0 Å². The maximum atomic E-state index is 4.67. The Morgan fingerprint density at radius 3 is 2.74 bits per heavy atom. The van der Waals surface area contributed by atoms with Crippen LogP contribution in [0.1, 0.15) is 12.1 Å². The Bertz CT molecular complexity index is 530. The number of fused-ring (bicyclic) bond motifs is 1. The highest BCUT2D eigenvalue weighted by Gasteiger charge is 2.13. The smallest absolute Gasteiger partial charge is 0.0718 e. The predicted octanol–water partition coefficient (Wildman–Crippen LogP) is 1.66. The first-order valence-corrected chi connectivity index (χ1v) is 6.84. The zero-order valence-corrected chi connectivity index (χ0v) is 12.3. The Morgan fingerprint density at radius 2 is 2.05 bits per heavy atom. The van der Waals surface area contributed by atoms with Crippen molar-refractivity contribution in [1.29, 1.82) is 0 Å². The van der Waals surface area contributed by atoms with E-state index in [-0.39, 0.29) is 0 Å². The number of rotatable bonds is 6. The van der Waals surface area contributed by atoms with E-state index in [0.717, 1.165) is 19.4 Å². The standard InChI is InChI=1S/C15H24N4/c1-16-12(9-10-18(2)3)11-14-13-7-5-6-8-15(13)19(4)17-14/h5-8,12,16H,9-11H2,1-4H3. The Balaban J connectivity index is 2.15. The summed E-state index contributed by atoms with van der Waals surface area (Å²) in [5.74, 6) is 0. The van der Waals surface area contributed by atoms with Crippen molar-refractivity contribution >= 4 is 10.9 Å². The van der Waals surface area contributed by atoms with Crippen LogP contribution in [0.25, 0.3) is 10.9 Å². The van der Waals surface area contributed by atoms with Gasteiger partial charge in [0.1, 0.15) is 0 Å². The molecule has 0 aliphatic heterocycles. The highest BCUT2D eigenvalue weighted by Crippen LogP contribution is 2.19. The van der Waals surface area contributed by atoms with Gasteiger partial charge in [-0.3, -0.25) is 4.68 Å². The molecule has 1 aromatic heterocycles. The first-order chi connectivity index (χ1) is 9.11. The molecule has 2 aromatic rings. The van der Waals surface area contributed by atoms with Crippen LogP contribution in [0.5, 0.6) is 0 Å². The number of benzene rings is 1. The molecule has 0 bridgehead atoms. The first-order valence-electron chi connectivity index (χ1n) is 6.84. The van der Waals surface area contributed by atoms with E-state index in [1.807, 2.05) is 18.8 Å². The molecule has 0 saturated heterocycles. The molecule has 104 valence electrons. The molecule has 2 rings (SSSR count). The van der Waals surface area contributed by atoms with Crippen LogP contribution in [0.3, 0.4) is 0 Å². The zero-order valence-electron chi connectivity index (χ0n) is 12.3. The highest BCUT2D eigenvalue weighted by atomic mass is 15.3. The van der Waals surface area contributed by atoms with Crippen molar-refractivity contribution in [2.45, 2.75) is 18.9 Å². The van der Waals surface area contributed by atoms with Gasteiger partial charge in [0.05, 0.1) is 11.2 Å². The summed E-state index contributed by atoms with van der Waals surface area (Å²) in [5, 5.41) is 9.34. The quantitative estimate of drug-likeness (QED) is 0.857. The van der Waals surface area contributed by atoms with Gasteiger partial charge < -0.3 is 10.2 Å². The van der Waals surface area contributed by atoms with E-state index in [0.29, 0.717) is 6.04 Å². The van der Waals surface area contributed by atoms with Gasteiger partial charge in [0, 0.05) is 24.9 Å². The molecule has 19 heavy (non-hydrogen) atoms. The summed E-state index contributed by atoms with van der Waals surface area (Å²) in [6, 6.07) is 8.91. The number of likely N-dealkylation sites (N-methyl/N-ethyl adjacent to an activating group) is 1. The second kappa shape index (κ2) is 6.17. The largest absolute Gasteiger partial charge is 0.317 e. The maximum absolute atomic E-state index is 4.67. The van der Waals surface area contributed by atoms with Gasteiger partial charge in [-0.25, -0.2) is 0 Å². The van der Waals surface area contributed by atoms with Crippen LogP contribution >= 0.6 is 0 Å². The molecule has 0 spiro atoms. The Labute approximate surface area is 115 Å². The number of hydrogen-bond acceptors (Lipinski definition) is 3. The van der Waals surface area contributed by atoms with Gasteiger partial charge in [0.2, 0.25) is 0 Å². The van der Waals surface area contributed by atoms with Crippen LogP contribution in [0, 0.1) is 0 Å². The Hall–Kier alpha value is -1.39. The molecule has 0 amide bonds. The summed E-state index contributed by atoms with van der Waals surface area (Å²) in [6.45, 7) is 1.09. The van der Waals surface area contributed by atoms with Crippen molar-refractivity contribution in [2.75, 3.05) is 27.7 Å². The number of nitrogens with one attached hydrogen (secondary N) is 1. The zero-order chi connectivity index (χ0) is 13.8. The lowest BCUT2D eigenvalue weighted by Crippen LogP contribution is -2.31. The number of para-hydroxylation sites is 1. The van der Waals surface area contributed by atoms with Crippen molar-refractivity contribution in [3.8, 4) is 0 Å². The minimum Gasteiger partial charge on any atom is -0.317 e. The average molecular weight is 260 g/mol. The summed E-state index contributed by atoms with van der Waals surface area (Å²) in [6.07, 6.45) is 2.11. The second-order valence-corrected chi connectivity index (χ2v) is 5.37. The first kappa shape index (κ1) is 14.0. The van der Waals surface area contributed by atoms with Gasteiger partial charge >= 0.3 is 0 Å². The summed E-state index contributed by atoms with van der Waals surface area (Å²) in [4.78, 5) is 2.22. The van der Waals surface area contributed by atoms with Crippen molar-refractivity contribution in [3.63, 3.8) is 0 Å². The number of nitrogens with zero attached hydrogens (tertiary/aromatic N) is 3. The summed E-state index contributed by atoms with van der Waals surface area (Å²) in [7, 11) is 8.28. The van der Waals surface area contributed by atoms with Crippen LogP contribution in [-0.4, -0.2) is 48.4 Å². The van der Waals surface area contributed by atoms with Gasteiger partial charge in [0.15, 0.2) is 0 Å². The third-order valence-corrected chi connectivity index (χ3v) is 3.61. The molecular formula is C15H24N4. The van der Waals surface area contributed by atoms with E-state index in [1.54, 1.807) is 0 Å². The van der Waals surface area contributed by atoms with E-state index in [9.17, 15) is 0 Å². The number of hydrogen-bond donors (Lipinski definition) is 1. The molecule has 0 fully saturated rings. The SMILES string of the molecule is CNC(CCN(C)C)Cc1nn(C)c2ccccc12. The lowest BCUT2D eigenvalue weighted by molar-refractivity contribution is 0.363. The lowest BCUT2D eigenvalue weighted by Gasteiger charge is -2.17. The Kier molecular flexibility index (Phi) is 4.56. The molecule has 1 unspecified atom stereocenters. The van der Waals surface area contributed by atoms with Crippen LogP contribution in [0.2, 0.25) is 0 Å². The molecule has 4 nitrogen and oxygen atoms in total. The predicted molar refractivity (Wildman–Crippen MR) is 80.4 cm³/mol. The van der Waals surface area contributed by atoms with Gasteiger partial charge in [0.25, 0.3) is 0 Å². The fraction of sp³-hybridized carbons (Fsp3) is 0.533. The second-order valence-electron chi connectivity index (χ2n) is 5.37. The van der Waals surface area contributed by atoms with Crippen molar-refractivity contribution in [2.24, 2.45) is 7.05 Å². The normalized spacial score (nSPS) is 13.3. The van der Waals surface area contributed by atoms with Gasteiger partial charge in [-0.1, -0.05) is 18.2 Å². The van der Waals surface area contributed by atoms with Gasteiger partial charge in [-0.15, -0.1) is 0 Å². The van der Waals surface area contributed by atoms with Crippen LogP contribution < -0.4 is 5.32 Å². The monoisotopic (exact) mass is 260 g/mol. The summed E-state index contributed by atoms with van der Waals surface area (Å²) in [5.41, 5.74) is 2.40. The van der Waals surface area contributed by atoms with Crippen molar-refractivity contribution < 1.29 is 0 Å². The minimum atomic E-state index is 0.473. The van der Waals surface area contributed by atoms with E-state index < -0.39 is 0 Å². The average Bonchev–Trinajstić information content (AvgIpc) is 2.72. The maximum Gasteiger partial charge on any atom is 0.0718 e. The Morgan fingerprint density at radius 1 is 1.32 bits per heavy atom.